The maximum absolute atomic E-state index is 12.1. The Kier molecular flexibility index (Phi) is 6.64. The van der Waals surface area contributed by atoms with Gasteiger partial charge in [0.1, 0.15) is 0 Å². The number of anilines is 1. The van der Waals surface area contributed by atoms with Crippen molar-refractivity contribution in [2.75, 3.05) is 11.9 Å². The largest absolute Gasteiger partial charge is 0.481 e. The van der Waals surface area contributed by atoms with Crippen LogP contribution in [0.2, 0.25) is 10.0 Å². The monoisotopic (exact) mass is 364 g/mol. The van der Waals surface area contributed by atoms with Crippen molar-refractivity contribution >= 4 is 40.8 Å². The second kappa shape index (κ2) is 8.71. The number of carbonyl (C=O) groups is 1. The third-order valence-electron chi connectivity index (χ3n) is 3.18. The Bertz CT molecular complexity index is 743. The molecule has 0 aromatic heterocycles. The van der Waals surface area contributed by atoms with Gasteiger partial charge in [0.25, 0.3) is 0 Å². The SMILES string of the molecule is CCO/C(Cc1ccc(C)cc1)=N\C(=O)Nc1ccc(Cl)c(Cl)c1. The predicted octanol–water partition coefficient (Wildman–Crippen LogP) is 5.51. The molecular formula is C18H18Cl2N2O2. The third kappa shape index (κ3) is 5.55. The molecule has 0 heterocycles. The van der Waals surface area contributed by atoms with E-state index >= 15 is 0 Å². The number of rotatable bonds is 4. The molecule has 2 aromatic carbocycles. The first-order valence-electron chi connectivity index (χ1n) is 7.50. The van der Waals surface area contributed by atoms with E-state index in [2.05, 4.69) is 10.3 Å². The van der Waals surface area contributed by atoms with Gasteiger partial charge in [-0.2, -0.15) is 4.99 Å². The minimum atomic E-state index is -0.524. The van der Waals surface area contributed by atoms with E-state index in [4.69, 9.17) is 27.9 Å². The van der Waals surface area contributed by atoms with Crippen LogP contribution >= 0.6 is 23.2 Å². The molecule has 0 unspecified atom stereocenters. The highest BCUT2D eigenvalue weighted by Crippen LogP contribution is 2.25. The number of nitrogens with zero attached hydrogens (tertiary/aromatic N) is 1. The molecular weight excluding hydrogens is 347 g/mol. The number of hydrogen-bond donors (Lipinski definition) is 1. The molecule has 2 rings (SSSR count). The number of urea groups is 1. The number of hydrogen-bond acceptors (Lipinski definition) is 2. The third-order valence-corrected chi connectivity index (χ3v) is 3.92. The fourth-order valence-corrected chi connectivity index (χ4v) is 2.31. The summed E-state index contributed by atoms with van der Waals surface area (Å²) >= 11 is 11.8. The van der Waals surface area contributed by atoms with E-state index in [1.54, 1.807) is 18.2 Å². The van der Waals surface area contributed by atoms with Crippen molar-refractivity contribution < 1.29 is 9.53 Å². The fourth-order valence-electron chi connectivity index (χ4n) is 2.01. The van der Waals surface area contributed by atoms with Gasteiger partial charge in [0.15, 0.2) is 5.90 Å². The van der Waals surface area contributed by atoms with Crippen LogP contribution in [0, 0.1) is 6.92 Å². The van der Waals surface area contributed by atoms with E-state index in [1.165, 1.54) is 5.56 Å². The zero-order valence-corrected chi connectivity index (χ0v) is 15.0. The second-order valence-electron chi connectivity index (χ2n) is 5.16. The Hall–Kier alpha value is -2.04. The average molecular weight is 365 g/mol. The van der Waals surface area contributed by atoms with Crippen LogP contribution in [0.15, 0.2) is 47.5 Å². The molecule has 2 aromatic rings. The van der Waals surface area contributed by atoms with Gasteiger partial charge in [-0.05, 0) is 37.6 Å². The van der Waals surface area contributed by atoms with Crippen LogP contribution in [0.1, 0.15) is 18.1 Å². The molecule has 0 radical (unpaired) electrons. The Labute approximate surface area is 151 Å². The van der Waals surface area contributed by atoms with E-state index in [9.17, 15) is 4.79 Å². The normalized spacial score (nSPS) is 11.2. The Morgan fingerprint density at radius 3 is 2.46 bits per heavy atom. The van der Waals surface area contributed by atoms with Gasteiger partial charge in [-0.1, -0.05) is 53.0 Å². The molecule has 6 heteroatoms. The minimum Gasteiger partial charge on any atom is -0.481 e. The molecule has 24 heavy (non-hydrogen) atoms. The van der Waals surface area contributed by atoms with E-state index in [0.29, 0.717) is 34.7 Å². The quantitative estimate of drug-likeness (QED) is 0.574. The maximum atomic E-state index is 12.1. The van der Waals surface area contributed by atoms with Crippen molar-refractivity contribution in [3.05, 3.63) is 63.6 Å². The molecule has 0 aliphatic heterocycles. The zero-order chi connectivity index (χ0) is 17.5. The van der Waals surface area contributed by atoms with Gasteiger partial charge >= 0.3 is 6.03 Å². The first-order chi connectivity index (χ1) is 11.5. The summed E-state index contributed by atoms with van der Waals surface area (Å²) in [6, 6.07) is 12.3. The number of aliphatic imine (C=N–C) groups is 1. The van der Waals surface area contributed by atoms with Gasteiger partial charge in [0, 0.05) is 12.1 Å². The molecule has 0 saturated heterocycles. The summed E-state index contributed by atoms with van der Waals surface area (Å²) in [4.78, 5) is 16.1. The predicted molar refractivity (Wildman–Crippen MR) is 99.4 cm³/mol. The molecule has 0 bridgehead atoms. The van der Waals surface area contributed by atoms with Crippen molar-refractivity contribution in [2.24, 2.45) is 4.99 Å². The highest BCUT2D eigenvalue weighted by molar-refractivity contribution is 6.42. The maximum Gasteiger partial charge on any atom is 0.348 e. The number of halogens is 2. The summed E-state index contributed by atoms with van der Waals surface area (Å²) in [5.74, 6) is 0.360. The summed E-state index contributed by atoms with van der Waals surface area (Å²) in [6.45, 7) is 4.30. The molecule has 0 saturated carbocycles. The standard InChI is InChI=1S/C18H18Cl2N2O2/c1-3-24-17(10-13-6-4-12(2)5-7-13)22-18(23)21-14-8-9-15(19)16(20)11-14/h4-9,11H,3,10H2,1-2H3,(H,21,23)/b22-17-. The van der Waals surface area contributed by atoms with Gasteiger partial charge < -0.3 is 10.1 Å². The topological polar surface area (TPSA) is 50.7 Å². The molecule has 1 N–H and O–H groups in total. The molecule has 4 nitrogen and oxygen atoms in total. The number of carbonyl (C=O) groups excluding carboxylic acids is 1. The number of nitrogens with one attached hydrogen (secondary N) is 1. The fraction of sp³-hybridized carbons (Fsp3) is 0.222. The summed E-state index contributed by atoms with van der Waals surface area (Å²) < 4.78 is 5.47. The van der Waals surface area contributed by atoms with Gasteiger partial charge in [-0.15, -0.1) is 0 Å². The summed E-state index contributed by atoms with van der Waals surface area (Å²) in [6.07, 6.45) is 0.447. The van der Waals surface area contributed by atoms with Gasteiger partial charge in [0.05, 0.1) is 16.7 Å². The Morgan fingerprint density at radius 1 is 1.12 bits per heavy atom. The van der Waals surface area contributed by atoms with Gasteiger partial charge in [0.2, 0.25) is 0 Å². The summed E-state index contributed by atoms with van der Waals surface area (Å²) in [5, 5.41) is 3.43. The van der Waals surface area contributed by atoms with Crippen molar-refractivity contribution in [2.45, 2.75) is 20.3 Å². The van der Waals surface area contributed by atoms with Gasteiger partial charge in [-0.25, -0.2) is 4.79 Å². The van der Waals surface area contributed by atoms with Crippen LogP contribution in [-0.4, -0.2) is 18.5 Å². The zero-order valence-electron chi connectivity index (χ0n) is 13.5. The molecule has 0 spiro atoms. The minimum absolute atomic E-state index is 0.360. The van der Waals surface area contributed by atoms with Crippen LogP contribution in [0.3, 0.4) is 0 Å². The number of amides is 2. The summed E-state index contributed by atoms with van der Waals surface area (Å²) in [5.41, 5.74) is 2.71. The van der Waals surface area contributed by atoms with Crippen LogP contribution in [-0.2, 0) is 11.2 Å². The average Bonchev–Trinajstić information content (AvgIpc) is 2.53. The Morgan fingerprint density at radius 2 is 1.83 bits per heavy atom. The number of benzene rings is 2. The molecule has 0 atom stereocenters. The van der Waals surface area contributed by atoms with Gasteiger partial charge in [-0.3, -0.25) is 0 Å². The van der Waals surface area contributed by atoms with Crippen LogP contribution < -0.4 is 5.32 Å². The van der Waals surface area contributed by atoms with Crippen molar-refractivity contribution in [1.29, 1.82) is 0 Å². The van der Waals surface area contributed by atoms with Crippen LogP contribution in [0.5, 0.6) is 0 Å². The van der Waals surface area contributed by atoms with Crippen molar-refractivity contribution in [1.82, 2.24) is 0 Å². The molecule has 0 aliphatic rings. The lowest BCUT2D eigenvalue weighted by atomic mass is 10.1. The molecule has 0 fully saturated rings. The van der Waals surface area contributed by atoms with E-state index < -0.39 is 6.03 Å². The van der Waals surface area contributed by atoms with E-state index in [-0.39, 0.29) is 0 Å². The number of aryl methyl sites for hydroxylation is 1. The van der Waals surface area contributed by atoms with Crippen LogP contribution in [0.25, 0.3) is 0 Å². The lowest BCUT2D eigenvalue weighted by molar-refractivity contribution is 0.257. The molecule has 2 amide bonds. The van der Waals surface area contributed by atoms with E-state index in [1.807, 2.05) is 38.1 Å². The lowest BCUT2D eigenvalue weighted by Crippen LogP contribution is -2.15. The number of ether oxygens (including phenoxy) is 1. The lowest BCUT2D eigenvalue weighted by Gasteiger charge is -2.08. The second-order valence-corrected chi connectivity index (χ2v) is 5.97. The van der Waals surface area contributed by atoms with Crippen molar-refractivity contribution in [3.8, 4) is 0 Å². The smallest absolute Gasteiger partial charge is 0.348 e. The first-order valence-corrected chi connectivity index (χ1v) is 8.25. The summed E-state index contributed by atoms with van der Waals surface area (Å²) in [7, 11) is 0. The van der Waals surface area contributed by atoms with Crippen LogP contribution in [0.4, 0.5) is 10.5 Å². The first kappa shape index (κ1) is 18.3. The molecule has 0 aliphatic carbocycles. The highest BCUT2D eigenvalue weighted by atomic mass is 35.5. The molecule has 126 valence electrons. The van der Waals surface area contributed by atoms with E-state index in [0.717, 1.165) is 5.56 Å². The Balaban J connectivity index is 2.09. The highest BCUT2D eigenvalue weighted by Gasteiger charge is 2.08. The van der Waals surface area contributed by atoms with Crippen molar-refractivity contribution in [3.63, 3.8) is 0 Å².